The maximum Gasteiger partial charge on any atom is 0.251 e. The third-order valence-corrected chi connectivity index (χ3v) is 6.00. The molecule has 3 fully saturated rings. The highest BCUT2D eigenvalue weighted by atomic mass is 35.5. The van der Waals surface area contributed by atoms with Crippen molar-refractivity contribution in [3.8, 4) is 5.75 Å². The summed E-state index contributed by atoms with van der Waals surface area (Å²) in [5, 5.41) is 15.9. The van der Waals surface area contributed by atoms with Gasteiger partial charge in [-0.3, -0.25) is 9.59 Å². The zero-order chi connectivity index (χ0) is 17.4. The number of benzene rings is 1. The first-order chi connectivity index (χ1) is 12.1. The molecule has 3 N–H and O–H groups in total. The van der Waals surface area contributed by atoms with Crippen LogP contribution in [-0.4, -0.2) is 53.5 Å². The maximum atomic E-state index is 12.6. The molecule has 2 bridgehead atoms. The average molecular weight is 380 g/mol. The first-order valence-corrected chi connectivity index (χ1v) is 9.22. The van der Waals surface area contributed by atoms with Crippen LogP contribution in [0.15, 0.2) is 24.3 Å². The average Bonchev–Trinajstić information content (AvgIpc) is 2.63. The lowest BCUT2D eigenvalue weighted by Crippen LogP contribution is -2.66. The maximum absolute atomic E-state index is 12.6. The van der Waals surface area contributed by atoms with Crippen molar-refractivity contribution in [2.24, 2.45) is 11.8 Å². The molecule has 7 heteroatoms. The zero-order valence-corrected chi connectivity index (χ0v) is 15.5. The summed E-state index contributed by atoms with van der Waals surface area (Å²) in [7, 11) is 0. The third kappa shape index (κ3) is 3.53. The molecule has 0 aromatic heterocycles. The van der Waals surface area contributed by atoms with Gasteiger partial charge >= 0.3 is 0 Å². The Morgan fingerprint density at radius 1 is 1.23 bits per heavy atom. The summed E-state index contributed by atoms with van der Waals surface area (Å²) < 4.78 is 0. The van der Waals surface area contributed by atoms with Crippen molar-refractivity contribution >= 4 is 24.2 Å². The molecular weight excluding hydrogens is 354 g/mol. The molecule has 26 heavy (non-hydrogen) atoms. The number of rotatable bonds is 3. The number of amides is 2. The molecule has 4 atom stereocenters. The number of hydrogen-bond donors (Lipinski definition) is 3. The number of carbonyl (C=O) groups excluding carboxylic acids is 2. The second-order valence-corrected chi connectivity index (χ2v) is 7.50. The number of nitrogens with zero attached hydrogens (tertiary/aromatic N) is 1. The Morgan fingerprint density at radius 2 is 1.96 bits per heavy atom. The van der Waals surface area contributed by atoms with E-state index in [1.54, 1.807) is 12.1 Å². The van der Waals surface area contributed by atoms with Gasteiger partial charge in [0.25, 0.3) is 5.91 Å². The standard InChI is InChI=1S/C19H25N3O3.ClH/c23-15-6-4-12(5-7-15)19(25)21-11-17-14-8-13(9-20-10-14)16-2-1-3-18(24)22(16)17;/h4-7,13-14,16-17,20,23H,1-3,8-11H2,(H,21,25);1H/t13-,14+,16+,17+;/m1./s1. The monoisotopic (exact) mass is 379 g/mol. The summed E-state index contributed by atoms with van der Waals surface area (Å²) in [6.45, 7) is 2.39. The van der Waals surface area contributed by atoms with Crippen LogP contribution in [0.2, 0.25) is 0 Å². The van der Waals surface area contributed by atoms with Crippen molar-refractivity contribution in [2.75, 3.05) is 19.6 Å². The number of carbonyl (C=O) groups is 2. The second kappa shape index (κ2) is 7.84. The predicted octanol–water partition coefficient (Wildman–Crippen LogP) is 1.53. The van der Waals surface area contributed by atoms with Gasteiger partial charge in [-0.1, -0.05) is 0 Å². The van der Waals surface area contributed by atoms with Crippen molar-refractivity contribution < 1.29 is 14.7 Å². The lowest BCUT2D eigenvalue weighted by Gasteiger charge is -2.54. The fourth-order valence-electron chi connectivity index (χ4n) is 4.81. The summed E-state index contributed by atoms with van der Waals surface area (Å²) in [6.07, 6.45) is 3.83. The van der Waals surface area contributed by atoms with Crippen molar-refractivity contribution in [2.45, 2.75) is 37.8 Å². The van der Waals surface area contributed by atoms with E-state index >= 15 is 0 Å². The number of hydrogen-bond acceptors (Lipinski definition) is 4. The lowest BCUT2D eigenvalue weighted by atomic mass is 9.72. The Bertz CT molecular complexity index is 666. The van der Waals surface area contributed by atoms with E-state index in [-0.39, 0.29) is 36.0 Å². The number of halogens is 1. The number of nitrogens with one attached hydrogen (secondary N) is 2. The molecule has 3 heterocycles. The molecule has 142 valence electrons. The summed E-state index contributed by atoms with van der Waals surface area (Å²) in [4.78, 5) is 27.1. The normalized spacial score (nSPS) is 30.2. The highest BCUT2D eigenvalue weighted by Crippen LogP contribution is 2.39. The first-order valence-electron chi connectivity index (χ1n) is 9.22. The smallest absolute Gasteiger partial charge is 0.251 e. The van der Waals surface area contributed by atoms with Crippen LogP contribution >= 0.6 is 12.4 Å². The highest BCUT2D eigenvalue weighted by Gasteiger charge is 2.47. The molecule has 0 saturated carbocycles. The minimum atomic E-state index is -0.160. The fraction of sp³-hybridized carbons (Fsp3) is 0.579. The number of piperidine rings is 3. The Morgan fingerprint density at radius 3 is 2.73 bits per heavy atom. The van der Waals surface area contributed by atoms with Crippen molar-refractivity contribution in [1.82, 2.24) is 15.5 Å². The quantitative estimate of drug-likeness (QED) is 0.744. The Balaban J connectivity index is 0.00000196. The van der Waals surface area contributed by atoms with Gasteiger partial charge in [0.2, 0.25) is 5.91 Å². The van der Waals surface area contributed by atoms with E-state index in [9.17, 15) is 14.7 Å². The molecule has 3 saturated heterocycles. The van der Waals surface area contributed by atoms with Crippen LogP contribution in [-0.2, 0) is 4.79 Å². The molecule has 0 unspecified atom stereocenters. The molecule has 2 amide bonds. The SMILES string of the molecule is Cl.O=C(NC[C@H]1[C@@H]2CNC[C@@H](C2)[C@@H]2CCCC(=O)N21)c1ccc(O)cc1. The molecule has 0 aliphatic carbocycles. The highest BCUT2D eigenvalue weighted by molar-refractivity contribution is 5.94. The van der Waals surface area contributed by atoms with E-state index in [0.717, 1.165) is 32.4 Å². The van der Waals surface area contributed by atoms with Crippen LogP contribution < -0.4 is 10.6 Å². The minimum Gasteiger partial charge on any atom is -0.508 e. The van der Waals surface area contributed by atoms with E-state index in [2.05, 4.69) is 15.5 Å². The summed E-state index contributed by atoms with van der Waals surface area (Å²) in [5.41, 5.74) is 0.523. The second-order valence-electron chi connectivity index (χ2n) is 7.50. The molecule has 4 rings (SSSR count). The molecular formula is C19H26ClN3O3. The molecule has 0 radical (unpaired) electrons. The number of phenolic OH excluding ortho intramolecular Hbond substituents is 1. The Hall–Kier alpha value is -1.79. The zero-order valence-electron chi connectivity index (χ0n) is 14.7. The molecule has 0 spiro atoms. The van der Waals surface area contributed by atoms with Crippen LogP contribution in [0.4, 0.5) is 0 Å². The van der Waals surface area contributed by atoms with Gasteiger partial charge in [0.05, 0.1) is 6.04 Å². The lowest BCUT2D eigenvalue weighted by molar-refractivity contribution is -0.148. The topological polar surface area (TPSA) is 81.7 Å². The Labute approximate surface area is 159 Å². The van der Waals surface area contributed by atoms with Gasteiger partial charge in [0.1, 0.15) is 5.75 Å². The van der Waals surface area contributed by atoms with E-state index < -0.39 is 0 Å². The van der Waals surface area contributed by atoms with Crippen LogP contribution in [0.25, 0.3) is 0 Å². The van der Waals surface area contributed by atoms with Crippen molar-refractivity contribution in [3.05, 3.63) is 29.8 Å². The molecule has 3 aliphatic heterocycles. The summed E-state index contributed by atoms with van der Waals surface area (Å²) >= 11 is 0. The van der Waals surface area contributed by atoms with Crippen molar-refractivity contribution in [1.29, 1.82) is 0 Å². The third-order valence-electron chi connectivity index (χ3n) is 6.00. The van der Waals surface area contributed by atoms with E-state index in [4.69, 9.17) is 0 Å². The van der Waals surface area contributed by atoms with Crippen LogP contribution in [0.5, 0.6) is 5.75 Å². The van der Waals surface area contributed by atoms with Crippen LogP contribution in [0, 0.1) is 11.8 Å². The van der Waals surface area contributed by atoms with Gasteiger partial charge in [-0.2, -0.15) is 0 Å². The number of fused-ring (bicyclic) bond motifs is 4. The van der Waals surface area contributed by atoms with Gasteiger partial charge in [-0.25, -0.2) is 0 Å². The summed E-state index contributed by atoms with van der Waals surface area (Å²) in [5.74, 6) is 1.18. The van der Waals surface area contributed by atoms with Gasteiger partial charge in [0, 0.05) is 31.1 Å². The first kappa shape index (κ1) is 19.0. The molecule has 6 nitrogen and oxygen atoms in total. The molecule has 1 aromatic rings. The van der Waals surface area contributed by atoms with Crippen LogP contribution in [0.1, 0.15) is 36.0 Å². The van der Waals surface area contributed by atoms with Gasteiger partial charge < -0.3 is 20.6 Å². The fourth-order valence-corrected chi connectivity index (χ4v) is 4.81. The number of aromatic hydroxyl groups is 1. The summed E-state index contributed by atoms with van der Waals surface area (Å²) in [6, 6.07) is 6.63. The Kier molecular flexibility index (Phi) is 5.73. The predicted molar refractivity (Wildman–Crippen MR) is 100 cm³/mol. The van der Waals surface area contributed by atoms with Gasteiger partial charge in [-0.15, -0.1) is 12.4 Å². The number of phenols is 1. The molecule has 3 aliphatic rings. The largest absolute Gasteiger partial charge is 0.508 e. The van der Waals surface area contributed by atoms with E-state index in [1.165, 1.54) is 12.1 Å². The molecule has 1 aromatic carbocycles. The van der Waals surface area contributed by atoms with Crippen LogP contribution in [0.3, 0.4) is 0 Å². The van der Waals surface area contributed by atoms with Gasteiger partial charge in [0.15, 0.2) is 0 Å². The van der Waals surface area contributed by atoms with E-state index in [0.29, 0.717) is 36.4 Å². The van der Waals surface area contributed by atoms with Gasteiger partial charge in [-0.05, 0) is 61.9 Å². The van der Waals surface area contributed by atoms with Crippen molar-refractivity contribution in [3.63, 3.8) is 0 Å². The van der Waals surface area contributed by atoms with E-state index in [1.807, 2.05) is 0 Å². The minimum absolute atomic E-state index is 0.